The molecule has 1 heterocycles. The number of benzene rings is 2. The molecule has 0 unspecified atom stereocenters. The van der Waals surface area contributed by atoms with Crippen LogP contribution in [0.4, 0.5) is 5.69 Å². The van der Waals surface area contributed by atoms with Gasteiger partial charge in [0, 0.05) is 31.9 Å². The smallest absolute Gasteiger partial charge is 0.258 e. The Hall–Kier alpha value is -2.18. The van der Waals surface area contributed by atoms with Crippen molar-refractivity contribution in [2.24, 2.45) is 0 Å². The second-order valence-corrected chi connectivity index (χ2v) is 8.66. The van der Waals surface area contributed by atoms with E-state index >= 15 is 0 Å². The zero-order chi connectivity index (χ0) is 18.2. The summed E-state index contributed by atoms with van der Waals surface area (Å²) in [7, 11) is -0.444. The van der Waals surface area contributed by atoms with Crippen LogP contribution in [0.3, 0.4) is 0 Å². The van der Waals surface area contributed by atoms with E-state index in [1.165, 1.54) is 18.4 Å². The van der Waals surface area contributed by atoms with E-state index in [9.17, 15) is 13.2 Å². The lowest BCUT2D eigenvalue weighted by Gasteiger charge is -2.30. The molecular weight excluding hydrogens is 336 g/mol. The van der Waals surface area contributed by atoms with Crippen molar-refractivity contribution < 1.29 is 13.2 Å². The number of rotatable bonds is 3. The molecule has 1 aliphatic heterocycles. The van der Waals surface area contributed by atoms with Gasteiger partial charge in [0.1, 0.15) is 0 Å². The molecule has 0 bridgehead atoms. The van der Waals surface area contributed by atoms with Crippen LogP contribution in [-0.2, 0) is 16.4 Å². The van der Waals surface area contributed by atoms with Gasteiger partial charge in [-0.1, -0.05) is 17.7 Å². The molecule has 6 heteroatoms. The fourth-order valence-electron chi connectivity index (χ4n) is 3.09. The van der Waals surface area contributed by atoms with E-state index in [4.69, 9.17) is 0 Å². The second-order valence-electron chi connectivity index (χ2n) is 6.51. The van der Waals surface area contributed by atoms with Gasteiger partial charge in [0.15, 0.2) is 0 Å². The number of carbonyl (C=O) groups excluding carboxylic acids is 1. The number of nitrogens with zero attached hydrogens (tertiary/aromatic N) is 2. The molecule has 132 valence electrons. The lowest BCUT2D eigenvalue weighted by Crippen LogP contribution is -2.35. The van der Waals surface area contributed by atoms with Crippen molar-refractivity contribution in [1.82, 2.24) is 4.31 Å². The molecule has 1 amide bonds. The Kier molecular flexibility index (Phi) is 4.67. The van der Waals surface area contributed by atoms with Crippen LogP contribution in [0.1, 0.15) is 27.9 Å². The van der Waals surface area contributed by atoms with Crippen molar-refractivity contribution in [1.29, 1.82) is 0 Å². The summed E-state index contributed by atoms with van der Waals surface area (Å²) in [6.07, 6.45) is 1.58. The molecular formula is C19H22N2O3S. The Morgan fingerprint density at radius 1 is 1.12 bits per heavy atom. The van der Waals surface area contributed by atoms with Gasteiger partial charge in [0.05, 0.1) is 4.90 Å². The predicted molar refractivity (Wildman–Crippen MR) is 98.5 cm³/mol. The van der Waals surface area contributed by atoms with Crippen LogP contribution >= 0.6 is 0 Å². The SMILES string of the molecule is Cc1cccc(C(=O)N2CCCc3cc(S(=O)(=O)N(C)C)ccc32)c1. The van der Waals surface area contributed by atoms with Crippen LogP contribution in [0.15, 0.2) is 47.4 Å². The average Bonchev–Trinajstić information content (AvgIpc) is 2.60. The maximum Gasteiger partial charge on any atom is 0.258 e. The minimum Gasteiger partial charge on any atom is -0.308 e. The van der Waals surface area contributed by atoms with Crippen molar-refractivity contribution in [2.45, 2.75) is 24.7 Å². The molecule has 2 aromatic rings. The summed E-state index contributed by atoms with van der Waals surface area (Å²) in [4.78, 5) is 14.9. The number of sulfonamides is 1. The van der Waals surface area contributed by atoms with Crippen LogP contribution in [0.25, 0.3) is 0 Å². The first-order valence-electron chi connectivity index (χ1n) is 8.24. The lowest BCUT2D eigenvalue weighted by atomic mass is 10.0. The number of aryl methyl sites for hydroxylation is 2. The fourth-order valence-corrected chi connectivity index (χ4v) is 4.04. The number of fused-ring (bicyclic) bond motifs is 1. The van der Waals surface area contributed by atoms with Gasteiger partial charge in [0.2, 0.25) is 10.0 Å². The Morgan fingerprint density at radius 3 is 2.56 bits per heavy atom. The zero-order valence-electron chi connectivity index (χ0n) is 14.7. The first-order valence-corrected chi connectivity index (χ1v) is 9.69. The largest absolute Gasteiger partial charge is 0.308 e. The summed E-state index contributed by atoms with van der Waals surface area (Å²) >= 11 is 0. The molecule has 0 radical (unpaired) electrons. The van der Waals surface area contributed by atoms with E-state index in [1.807, 2.05) is 31.2 Å². The third kappa shape index (κ3) is 3.32. The molecule has 1 aliphatic rings. The molecule has 0 fully saturated rings. The lowest BCUT2D eigenvalue weighted by molar-refractivity contribution is 0.0985. The molecule has 0 N–H and O–H groups in total. The maximum absolute atomic E-state index is 12.9. The van der Waals surface area contributed by atoms with E-state index in [-0.39, 0.29) is 10.8 Å². The minimum absolute atomic E-state index is 0.0483. The third-order valence-corrected chi connectivity index (χ3v) is 6.27. The fraction of sp³-hybridized carbons (Fsp3) is 0.316. The molecule has 0 aliphatic carbocycles. The Balaban J connectivity index is 1.99. The number of anilines is 1. The summed E-state index contributed by atoms with van der Waals surface area (Å²) in [5, 5.41) is 0. The summed E-state index contributed by atoms with van der Waals surface area (Å²) in [5.74, 6) is -0.0483. The van der Waals surface area contributed by atoms with Gasteiger partial charge < -0.3 is 4.90 Å². The van der Waals surface area contributed by atoms with E-state index < -0.39 is 10.0 Å². The zero-order valence-corrected chi connectivity index (χ0v) is 15.5. The van der Waals surface area contributed by atoms with Crippen molar-refractivity contribution in [3.8, 4) is 0 Å². The molecule has 3 rings (SSSR count). The summed E-state index contributed by atoms with van der Waals surface area (Å²) in [6.45, 7) is 2.60. The van der Waals surface area contributed by atoms with E-state index in [0.717, 1.165) is 29.7 Å². The predicted octanol–water partition coefficient (Wildman–Crippen LogP) is 2.84. The maximum atomic E-state index is 12.9. The Morgan fingerprint density at radius 2 is 1.88 bits per heavy atom. The molecule has 0 saturated heterocycles. The molecule has 0 saturated carbocycles. The van der Waals surface area contributed by atoms with Gasteiger partial charge in [-0.05, 0) is 55.7 Å². The highest BCUT2D eigenvalue weighted by molar-refractivity contribution is 7.89. The van der Waals surface area contributed by atoms with Gasteiger partial charge in [-0.15, -0.1) is 0 Å². The third-order valence-electron chi connectivity index (χ3n) is 4.46. The number of hydrogen-bond acceptors (Lipinski definition) is 3. The highest BCUT2D eigenvalue weighted by Gasteiger charge is 2.26. The number of hydrogen-bond donors (Lipinski definition) is 0. The van der Waals surface area contributed by atoms with Gasteiger partial charge in [-0.25, -0.2) is 12.7 Å². The molecule has 25 heavy (non-hydrogen) atoms. The van der Waals surface area contributed by atoms with Crippen LogP contribution < -0.4 is 4.90 Å². The van der Waals surface area contributed by atoms with Gasteiger partial charge in [0.25, 0.3) is 5.91 Å². The molecule has 5 nitrogen and oxygen atoms in total. The van der Waals surface area contributed by atoms with Gasteiger partial charge in [-0.3, -0.25) is 4.79 Å². The standard InChI is InChI=1S/C19H22N2O3S/c1-14-6-4-7-16(12-14)19(22)21-11-5-8-15-13-17(9-10-18(15)21)25(23,24)20(2)3/h4,6-7,9-10,12-13H,5,8,11H2,1-3H3. The topological polar surface area (TPSA) is 57.7 Å². The van der Waals surface area contributed by atoms with Crippen molar-refractivity contribution >= 4 is 21.6 Å². The minimum atomic E-state index is -3.48. The quantitative estimate of drug-likeness (QED) is 0.848. The van der Waals surface area contributed by atoms with Gasteiger partial charge in [-0.2, -0.15) is 0 Å². The first kappa shape index (κ1) is 17.6. The van der Waals surface area contributed by atoms with Crippen molar-refractivity contribution in [2.75, 3.05) is 25.5 Å². The second kappa shape index (κ2) is 6.61. The van der Waals surface area contributed by atoms with Crippen molar-refractivity contribution in [3.05, 3.63) is 59.2 Å². The van der Waals surface area contributed by atoms with Crippen LogP contribution in [0, 0.1) is 6.92 Å². The summed E-state index contributed by atoms with van der Waals surface area (Å²) < 4.78 is 25.9. The first-order chi connectivity index (χ1) is 11.8. The average molecular weight is 358 g/mol. The Bertz CT molecular complexity index is 920. The van der Waals surface area contributed by atoms with Gasteiger partial charge >= 0.3 is 0 Å². The number of amides is 1. The Labute approximate surface area is 148 Å². The molecule has 0 aromatic heterocycles. The normalized spacial score (nSPS) is 14.5. The van der Waals surface area contributed by atoms with Crippen LogP contribution in [0.5, 0.6) is 0 Å². The highest BCUT2D eigenvalue weighted by Crippen LogP contribution is 2.31. The van der Waals surface area contributed by atoms with Crippen LogP contribution in [-0.4, -0.2) is 39.3 Å². The van der Waals surface area contributed by atoms with Crippen LogP contribution in [0.2, 0.25) is 0 Å². The molecule has 0 spiro atoms. The molecule has 2 aromatic carbocycles. The summed E-state index contributed by atoms with van der Waals surface area (Å²) in [5.41, 5.74) is 3.39. The van der Waals surface area contributed by atoms with Crippen molar-refractivity contribution in [3.63, 3.8) is 0 Å². The van der Waals surface area contributed by atoms with E-state index in [2.05, 4.69) is 0 Å². The molecule has 0 atom stereocenters. The van der Waals surface area contributed by atoms with E-state index in [0.29, 0.717) is 12.1 Å². The monoisotopic (exact) mass is 358 g/mol. The summed E-state index contributed by atoms with van der Waals surface area (Å²) in [6, 6.07) is 12.5. The van der Waals surface area contributed by atoms with E-state index in [1.54, 1.807) is 23.1 Å². The highest BCUT2D eigenvalue weighted by atomic mass is 32.2. The number of carbonyl (C=O) groups is 1.